The molecule has 0 saturated carbocycles. The van der Waals surface area contributed by atoms with Crippen LogP contribution in [0.1, 0.15) is 22.6 Å². The zero-order valence-corrected chi connectivity index (χ0v) is 14.5. The number of nitrogens with zero attached hydrogens (tertiary/aromatic N) is 3. The van der Waals surface area contributed by atoms with E-state index >= 15 is 0 Å². The normalized spacial score (nSPS) is 11.2. The fourth-order valence-electron chi connectivity index (χ4n) is 3.00. The molecule has 4 rings (SSSR count). The van der Waals surface area contributed by atoms with Crippen molar-refractivity contribution in [3.63, 3.8) is 0 Å². The molecule has 6 heteroatoms. The summed E-state index contributed by atoms with van der Waals surface area (Å²) < 4.78 is 0. The Morgan fingerprint density at radius 1 is 1.04 bits per heavy atom. The molecule has 0 radical (unpaired) electrons. The monoisotopic (exact) mass is 332 g/mol. The molecule has 4 aromatic rings. The van der Waals surface area contributed by atoms with Crippen molar-refractivity contribution in [3.8, 4) is 11.4 Å². The predicted octanol–water partition coefficient (Wildman–Crippen LogP) is 3.89. The molecule has 25 heavy (non-hydrogen) atoms. The zero-order chi connectivity index (χ0) is 17.4. The number of nitrogens with one attached hydrogen (secondary N) is 3. The van der Waals surface area contributed by atoms with Gasteiger partial charge in [-0.3, -0.25) is 5.10 Å². The van der Waals surface area contributed by atoms with Gasteiger partial charge in [0.15, 0.2) is 5.82 Å². The Kier molecular flexibility index (Phi) is 3.72. The summed E-state index contributed by atoms with van der Waals surface area (Å²) in [6.45, 7) is 6.73. The lowest BCUT2D eigenvalue weighted by Gasteiger charge is -2.09. The SMILES string of the molecule is Cc1cc2c(NCc3c(C)n[nH]c3C)nc(-c3ccccc3)nc2[nH]1. The minimum Gasteiger partial charge on any atom is -0.365 e. The Bertz CT molecular complexity index is 1010. The first kappa shape index (κ1) is 15.4. The molecular formula is C19H20N6. The number of aromatic nitrogens is 5. The summed E-state index contributed by atoms with van der Waals surface area (Å²) in [7, 11) is 0. The fourth-order valence-corrected chi connectivity index (χ4v) is 3.00. The van der Waals surface area contributed by atoms with Gasteiger partial charge >= 0.3 is 0 Å². The van der Waals surface area contributed by atoms with Crippen LogP contribution in [-0.4, -0.2) is 25.1 Å². The third kappa shape index (κ3) is 2.87. The van der Waals surface area contributed by atoms with Crippen LogP contribution < -0.4 is 5.32 Å². The topological polar surface area (TPSA) is 82.3 Å². The second-order valence-electron chi connectivity index (χ2n) is 6.24. The lowest BCUT2D eigenvalue weighted by atomic mass is 10.2. The van der Waals surface area contributed by atoms with Crippen molar-refractivity contribution in [2.75, 3.05) is 5.32 Å². The van der Waals surface area contributed by atoms with Crippen molar-refractivity contribution in [3.05, 3.63) is 59.0 Å². The second kappa shape index (κ2) is 6.05. The molecule has 0 spiro atoms. The van der Waals surface area contributed by atoms with Crippen molar-refractivity contribution in [2.45, 2.75) is 27.3 Å². The highest BCUT2D eigenvalue weighted by Crippen LogP contribution is 2.26. The van der Waals surface area contributed by atoms with E-state index in [0.29, 0.717) is 12.4 Å². The second-order valence-corrected chi connectivity index (χ2v) is 6.24. The van der Waals surface area contributed by atoms with Crippen LogP contribution in [0, 0.1) is 20.8 Å². The van der Waals surface area contributed by atoms with Crippen LogP contribution in [0.5, 0.6) is 0 Å². The lowest BCUT2D eigenvalue weighted by Crippen LogP contribution is -2.05. The van der Waals surface area contributed by atoms with Crippen molar-refractivity contribution in [2.24, 2.45) is 0 Å². The van der Waals surface area contributed by atoms with E-state index < -0.39 is 0 Å². The van der Waals surface area contributed by atoms with Gasteiger partial charge in [-0.1, -0.05) is 30.3 Å². The van der Waals surface area contributed by atoms with Gasteiger partial charge in [-0.2, -0.15) is 5.10 Å². The van der Waals surface area contributed by atoms with Gasteiger partial charge in [-0.25, -0.2) is 9.97 Å². The van der Waals surface area contributed by atoms with Crippen molar-refractivity contribution in [1.29, 1.82) is 0 Å². The standard InChI is InChI=1S/C19H20N6/c1-11-9-15-18(20-10-16-12(2)24-25-13(16)3)22-17(23-19(15)21-11)14-7-5-4-6-8-14/h4-9H,10H2,1-3H3,(H,24,25)(H2,20,21,22,23). The molecule has 3 heterocycles. The zero-order valence-electron chi connectivity index (χ0n) is 14.5. The molecule has 0 unspecified atom stereocenters. The molecule has 0 fully saturated rings. The van der Waals surface area contributed by atoms with Crippen molar-refractivity contribution < 1.29 is 0 Å². The molecule has 0 bridgehead atoms. The number of benzene rings is 1. The number of rotatable bonds is 4. The van der Waals surface area contributed by atoms with Crippen molar-refractivity contribution >= 4 is 16.9 Å². The summed E-state index contributed by atoms with van der Waals surface area (Å²) in [5.74, 6) is 1.53. The van der Waals surface area contributed by atoms with Gasteiger partial charge in [0.05, 0.1) is 11.1 Å². The predicted molar refractivity (Wildman–Crippen MR) is 99.5 cm³/mol. The summed E-state index contributed by atoms with van der Waals surface area (Å²) in [6, 6.07) is 12.1. The first-order valence-electron chi connectivity index (χ1n) is 8.29. The average Bonchev–Trinajstić information content (AvgIpc) is 3.15. The van der Waals surface area contributed by atoms with E-state index in [1.54, 1.807) is 0 Å². The molecule has 0 atom stereocenters. The van der Waals surface area contributed by atoms with Crippen LogP contribution in [0.2, 0.25) is 0 Å². The van der Waals surface area contributed by atoms with Gasteiger partial charge in [-0.15, -0.1) is 0 Å². The highest BCUT2D eigenvalue weighted by molar-refractivity contribution is 5.89. The Hall–Kier alpha value is -3.15. The van der Waals surface area contributed by atoms with Crippen LogP contribution in [0.3, 0.4) is 0 Å². The maximum Gasteiger partial charge on any atom is 0.163 e. The molecule has 6 nitrogen and oxygen atoms in total. The highest BCUT2D eigenvalue weighted by Gasteiger charge is 2.13. The van der Waals surface area contributed by atoms with E-state index in [0.717, 1.165) is 39.5 Å². The van der Waals surface area contributed by atoms with Crippen molar-refractivity contribution in [1.82, 2.24) is 25.1 Å². The number of anilines is 1. The number of aromatic amines is 2. The molecule has 0 aliphatic heterocycles. The average molecular weight is 332 g/mol. The number of H-pyrrole nitrogens is 2. The van der Waals surface area contributed by atoms with E-state index in [-0.39, 0.29) is 0 Å². The van der Waals surface area contributed by atoms with Crippen LogP contribution in [0.25, 0.3) is 22.4 Å². The van der Waals surface area contributed by atoms with Crippen LogP contribution in [-0.2, 0) is 6.54 Å². The van der Waals surface area contributed by atoms with Gasteiger partial charge in [-0.05, 0) is 26.8 Å². The molecule has 0 aliphatic rings. The Labute approximate surface area is 145 Å². The number of aryl methyl sites for hydroxylation is 3. The van der Waals surface area contributed by atoms with Crippen LogP contribution in [0.4, 0.5) is 5.82 Å². The van der Waals surface area contributed by atoms with Gasteiger partial charge in [0.25, 0.3) is 0 Å². The Balaban J connectivity index is 1.76. The quantitative estimate of drug-likeness (QED) is 0.529. The van der Waals surface area contributed by atoms with Gasteiger partial charge in [0.2, 0.25) is 0 Å². The van der Waals surface area contributed by atoms with Gasteiger partial charge in [0, 0.05) is 29.1 Å². The van der Waals surface area contributed by atoms with Crippen LogP contribution in [0.15, 0.2) is 36.4 Å². The van der Waals surface area contributed by atoms with E-state index in [9.17, 15) is 0 Å². The largest absolute Gasteiger partial charge is 0.365 e. The molecule has 3 N–H and O–H groups in total. The Morgan fingerprint density at radius 2 is 1.84 bits per heavy atom. The van der Waals surface area contributed by atoms with Gasteiger partial charge < -0.3 is 10.3 Å². The lowest BCUT2D eigenvalue weighted by molar-refractivity contribution is 1.02. The molecular weight excluding hydrogens is 312 g/mol. The molecule has 0 aliphatic carbocycles. The van der Waals surface area contributed by atoms with E-state index in [2.05, 4.69) is 31.5 Å². The summed E-state index contributed by atoms with van der Waals surface area (Å²) in [5.41, 5.74) is 6.14. The third-order valence-corrected chi connectivity index (χ3v) is 4.37. The highest BCUT2D eigenvalue weighted by atomic mass is 15.1. The minimum atomic E-state index is 0.665. The molecule has 0 saturated heterocycles. The fraction of sp³-hybridized carbons (Fsp3) is 0.211. The summed E-state index contributed by atoms with van der Waals surface area (Å²) in [4.78, 5) is 12.8. The number of fused-ring (bicyclic) bond motifs is 1. The van der Waals surface area contributed by atoms with E-state index in [4.69, 9.17) is 4.98 Å². The summed E-state index contributed by atoms with van der Waals surface area (Å²) >= 11 is 0. The molecule has 126 valence electrons. The molecule has 0 amide bonds. The first-order valence-corrected chi connectivity index (χ1v) is 8.29. The summed E-state index contributed by atoms with van der Waals surface area (Å²) in [5, 5.41) is 11.7. The third-order valence-electron chi connectivity index (χ3n) is 4.37. The smallest absolute Gasteiger partial charge is 0.163 e. The summed E-state index contributed by atoms with van der Waals surface area (Å²) in [6.07, 6.45) is 0. The van der Waals surface area contributed by atoms with Gasteiger partial charge in [0.1, 0.15) is 11.5 Å². The van der Waals surface area contributed by atoms with E-state index in [1.807, 2.05) is 51.1 Å². The van der Waals surface area contributed by atoms with E-state index in [1.165, 1.54) is 5.56 Å². The molecule has 3 aromatic heterocycles. The Morgan fingerprint density at radius 3 is 2.56 bits per heavy atom. The van der Waals surface area contributed by atoms with Crippen LogP contribution >= 0.6 is 0 Å². The number of hydrogen-bond donors (Lipinski definition) is 3. The first-order chi connectivity index (χ1) is 12.1. The minimum absolute atomic E-state index is 0.665. The number of hydrogen-bond acceptors (Lipinski definition) is 4. The maximum atomic E-state index is 4.77. The maximum absolute atomic E-state index is 4.77. The molecule has 1 aromatic carbocycles.